The summed E-state index contributed by atoms with van der Waals surface area (Å²) in [5.74, 6) is 0. The Kier molecular flexibility index (Phi) is 8.67. The van der Waals surface area contributed by atoms with Crippen LogP contribution in [0.5, 0.6) is 0 Å². The molecule has 1 aliphatic heterocycles. The van der Waals surface area contributed by atoms with E-state index >= 15 is 0 Å². The molecule has 0 aromatic carbocycles. The van der Waals surface area contributed by atoms with Gasteiger partial charge in [0.15, 0.2) is 0 Å². The van der Waals surface area contributed by atoms with Crippen molar-refractivity contribution in [2.75, 3.05) is 0 Å². The number of nitrogens with zero attached hydrogens (tertiary/aromatic N) is 2. The first kappa shape index (κ1) is 39.4. The summed E-state index contributed by atoms with van der Waals surface area (Å²) in [7, 11) is 0. The van der Waals surface area contributed by atoms with Gasteiger partial charge in [-0.1, -0.05) is 0 Å². The fourth-order valence-corrected chi connectivity index (χ4v) is 3.69. The zero-order valence-corrected chi connectivity index (χ0v) is 18.4. The van der Waals surface area contributed by atoms with Gasteiger partial charge in [0.1, 0.15) is 0 Å². The average Bonchev–Trinajstić information content (AvgIpc) is 2.91. The highest BCUT2D eigenvalue weighted by Gasteiger charge is 3.06. The van der Waals surface area contributed by atoms with E-state index in [0.717, 1.165) is 9.47 Å². The lowest BCUT2D eigenvalue weighted by molar-refractivity contribution is -0.514. The van der Waals surface area contributed by atoms with Crippen LogP contribution in [-0.2, 0) is 9.47 Å². The first-order valence-corrected chi connectivity index (χ1v) is 9.03. The van der Waals surface area contributed by atoms with Crippen LogP contribution in [0.25, 0.3) is 0 Å². The van der Waals surface area contributed by atoms with Crippen molar-refractivity contribution >= 4 is 6.03 Å². The van der Waals surface area contributed by atoms with Crippen molar-refractivity contribution < 1.29 is 128 Å². The summed E-state index contributed by atoms with van der Waals surface area (Å²) in [6, 6.07) is -24.1. The summed E-state index contributed by atoms with van der Waals surface area (Å²) in [6.07, 6.45) is -69.4. The van der Waals surface area contributed by atoms with E-state index in [0.29, 0.717) is 0 Å². The molecule has 2 amide bonds. The van der Waals surface area contributed by atoms with Gasteiger partial charge >= 0.3 is 67.8 Å². The third-order valence-electron chi connectivity index (χ3n) is 4.97. The fraction of sp³-hybridized carbons (Fsp3) is 0.923. The van der Waals surface area contributed by atoms with E-state index in [-0.39, 0.29) is 0 Å². The number of hydrogen-bond donors (Lipinski definition) is 0. The predicted molar refractivity (Wildman–Crippen MR) is 72.8 cm³/mol. The van der Waals surface area contributed by atoms with E-state index in [2.05, 4.69) is 0 Å². The molecule has 0 atom stereocenters. The molecule has 44 heavy (non-hydrogen) atoms. The summed E-state index contributed by atoms with van der Waals surface area (Å²) < 4.78 is 353. The first-order chi connectivity index (χ1) is 18.6. The number of hydrogen-bond acceptors (Lipinski definition) is 3. The van der Waals surface area contributed by atoms with E-state index in [1.165, 1.54) is 0 Å². The number of halogens is 26. The molecule has 262 valence electrons. The first-order valence-electron chi connectivity index (χ1n) is 9.03. The van der Waals surface area contributed by atoms with Gasteiger partial charge < -0.3 is 0 Å². The predicted octanol–water partition coefficient (Wildman–Crippen LogP) is 7.89. The molecule has 0 spiro atoms. The van der Waals surface area contributed by atoms with Gasteiger partial charge in [0.05, 0.1) is 0 Å². The van der Waals surface area contributed by atoms with Crippen molar-refractivity contribution in [3.8, 4) is 0 Å². The lowest BCUT2D eigenvalue weighted by Gasteiger charge is -2.53. The van der Waals surface area contributed by atoms with Crippen molar-refractivity contribution in [1.82, 2.24) is 9.80 Å². The lowest BCUT2D eigenvalue weighted by Crippen LogP contribution is -2.87. The topological polar surface area (TPSA) is 42.0 Å². The molecular weight excluding hydrogens is 726 g/mol. The second-order valence-electron chi connectivity index (χ2n) is 7.58. The van der Waals surface area contributed by atoms with Crippen molar-refractivity contribution in [3.05, 3.63) is 0 Å². The van der Waals surface area contributed by atoms with Crippen LogP contribution < -0.4 is 0 Å². The van der Waals surface area contributed by atoms with Crippen LogP contribution >= 0.6 is 0 Å². The maximum atomic E-state index is 14.4. The summed E-state index contributed by atoms with van der Waals surface area (Å²) in [4.78, 5) is 1.89. The number of rotatable bonds is 6. The Labute approximate surface area is 218 Å². The highest BCUT2D eigenvalue weighted by atomic mass is 19.4. The molecule has 0 unspecified atom stereocenters. The van der Waals surface area contributed by atoms with Gasteiger partial charge in [-0.2, -0.15) is 87.8 Å². The van der Waals surface area contributed by atoms with Crippen LogP contribution in [-0.4, -0.2) is 88.6 Å². The van der Waals surface area contributed by atoms with Crippen LogP contribution in [0.3, 0.4) is 0 Å². The normalized spacial score (nSPS) is 20.1. The second kappa shape index (κ2) is 9.69. The van der Waals surface area contributed by atoms with E-state index in [4.69, 9.17) is 0 Å². The molecule has 0 N–H and O–H groups in total. The Morgan fingerprint density at radius 3 is 0.705 bits per heavy atom. The molecule has 0 bridgehead atoms. The maximum Gasteiger partial charge on any atom is 0.527 e. The van der Waals surface area contributed by atoms with Crippen molar-refractivity contribution in [3.63, 3.8) is 0 Å². The fourth-order valence-electron chi connectivity index (χ4n) is 3.69. The number of alkyl halides is 26. The lowest BCUT2D eigenvalue weighted by atomic mass is 9.72. The van der Waals surface area contributed by atoms with Gasteiger partial charge in [0.25, 0.3) is 11.1 Å². The number of ether oxygens (including phenoxy) is 2. The van der Waals surface area contributed by atoms with Crippen molar-refractivity contribution in [2.45, 2.75) is 72.8 Å². The Morgan fingerprint density at radius 2 is 0.568 bits per heavy atom. The smallest absolute Gasteiger partial charge is 0.248 e. The third-order valence-corrected chi connectivity index (χ3v) is 4.97. The largest absolute Gasteiger partial charge is 0.527 e. The number of urea groups is 1. The molecule has 0 saturated carbocycles. The molecule has 0 aliphatic carbocycles. The van der Waals surface area contributed by atoms with Crippen LogP contribution in [0.15, 0.2) is 0 Å². The van der Waals surface area contributed by atoms with E-state index < -0.39 is 88.6 Å². The van der Waals surface area contributed by atoms with Gasteiger partial charge in [-0.05, 0) is 0 Å². The van der Waals surface area contributed by atoms with Crippen LogP contribution in [0, 0.1) is 0 Å². The monoisotopic (exact) mass is 726 g/mol. The third kappa shape index (κ3) is 5.32. The van der Waals surface area contributed by atoms with Gasteiger partial charge in [-0.3, -0.25) is 0 Å². The van der Waals surface area contributed by atoms with Gasteiger partial charge in [0.2, 0.25) is 0 Å². The Hall–Kier alpha value is -2.63. The van der Waals surface area contributed by atoms with Crippen LogP contribution in [0.1, 0.15) is 0 Å². The molecule has 0 radical (unpaired) electrons. The zero-order valence-electron chi connectivity index (χ0n) is 18.4. The second-order valence-corrected chi connectivity index (χ2v) is 7.58. The van der Waals surface area contributed by atoms with Crippen LogP contribution in [0.2, 0.25) is 0 Å². The number of carbonyl (C=O) groups is 1. The highest BCUT2D eigenvalue weighted by Crippen LogP contribution is 2.72. The maximum absolute atomic E-state index is 14.4. The number of amides is 2. The molecule has 0 aromatic heterocycles. The summed E-state index contributed by atoms with van der Waals surface area (Å²) >= 11 is 0. The minimum absolute atomic E-state index is 1.06. The van der Waals surface area contributed by atoms with Crippen LogP contribution in [0.4, 0.5) is 119 Å². The van der Waals surface area contributed by atoms with E-state index in [9.17, 15) is 119 Å². The van der Waals surface area contributed by atoms with Gasteiger partial charge in [-0.15, -0.1) is 26.3 Å². The van der Waals surface area contributed by atoms with Gasteiger partial charge in [-0.25, -0.2) is 24.1 Å². The SMILES string of the molecule is O=C1N(C(F)(F)C(F)(F)OC(F)(F)F)C(C(F)(F)F)(C(F)(F)F)C(C(F)(F)F)(C(F)(F)F)N1C(F)(F)C(F)(F)OC(F)(F)F. The van der Waals surface area contributed by atoms with E-state index in [1.807, 2.05) is 0 Å². The quantitative estimate of drug-likeness (QED) is 0.207. The number of carbonyl (C=O) groups excluding carboxylic acids is 1. The molecule has 1 fully saturated rings. The molecule has 1 saturated heterocycles. The van der Waals surface area contributed by atoms with Gasteiger partial charge in [0, 0.05) is 0 Å². The molecule has 1 rings (SSSR count). The standard InChI is InChI=1S/C13F26N2O3/c14-4(15,16)2(5(17,18)19)3(6(20,21)22,7(23,24)25)41(9(28,29)11(32,33)44-13(37,38)39)1(42)40(2)8(26,27)10(30,31)43-12(34,35)36. The molecule has 5 nitrogen and oxygen atoms in total. The summed E-state index contributed by atoms with van der Waals surface area (Å²) in [6.45, 7) is 0. The Morgan fingerprint density at radius 1 is 0.386 bits per heavy atom. The minimum atomic E-state index is -9.64. The molecule has 0 aromatic rings. The van der Waals surface area contributed by atoms with Crippen molar-refractivity contribution in [2.24, 2.45) is 0 Å². The zero-order chi connectivity index (χ0) is 36.1. The Balaban J connectivity index is 4.88. The highest BCUT2D eigenvalue weighted by molar-refractivity contribution is 5.83. The minimum Gasteiger partial charge on any atom is -0.248 e. The van der Waals surface area contributed by atoms with Crippen molar-refractivity contribution in [1.29, 1.82) is 0 Å². The Bertz CT molecular complexity index is 975. The summed E-state index contributed by atoms with van der Waals surface area (Å²) in [5.41, 5.74) is -19.3. The molecular formula is C13F26N2O3. The average molecular weight is 726 g/mol. The summed E-state index contributed by atoms with van der Waals surface area (Å²) in [5, 5.41) is 0. The van der Waals surface area contributed by atoms with E-state index in [1.54, 1.807) is 0 Å². The molecule has 1 aliphatic rings. The molecule has 1 heterocycles. The molecule has 31 heteroatoms.